The Morgan fingerprint density at radius 1 is 1.00 bits per heavy atom. The van der Waals surface area contributed by atoms with E-state index < -0.39 is 20.8 Å². The van der Waals surface area contributed by atoms with Gasteiger partial charge in [-0.2, -0.15) is 0 Å². The van der Waals surface area contributed by atoms with Gasteiger partial charge in [0, 0.05) is 0 Å². The molecule has 2 aromatic heterocycles. The van der Waals surface area contributed by atoms with Crippen molar-refractivity contribution in [3.05, 3.63) is 55.7 Å². The van der Waals surface area contributed by atoms with Gasteiger partial charge in [0.25, 0.3) is 0 Å². The van der Waals surface area contributed by atoms with E-state index in [4.69, 9.17) is 18.6 Å². The Labute approximate surface area is 253 Å². The fourth-order valence-corrected chi connectivity index (χ4v) is 17.1. The Morgan fingerprint density at radius 3 is 2.37 bits per heavy atom. The van der Waals surface area contributed by atoms with Crippen LogP contribution in [0.1, 0.15) is 104 Å². The predicted molar refractivity (Wildman–Crippen MR) is 168 cm³/mol. The monoisotopic (exact) mass is 670 g/mol. The zero-order valence-electron chi connectivity index (χ0n) is 24.9. The Balaban J connectivity index is 1.73. The molecule has 1 aliphatic carbocycles. The molecule has 4 atom stereocenters. The van der Waals surface area contributed by atoms with Gasteiger partial charge in [0.2, 0.25) is 0 Å². The summed E-state index contributed by atoms with van der Waals surface area (Å²) in [5.74, 6) is 1.13. The molecule has 7 rings (SSSR count). The summed E-state index contributed by atoms with van der Waals surface area (Å²) >= 11 is -3.57. The van der Waals surface area contributed by atoms with Crippen molar-refractivity contribution in [1.82, 2.24) is 5.11 Å². The number of nitrogens with zero attached hydrogens (tertiary/aromatic N) is 4. The van der Waals surface area contributed by atoms with Crippen molar-refractivity contribution >= 4 is 76.2 Å². The summed E-state index contributed by atoms with van der Waals surface area (Å²) in [7, 11) is 7.86. The third-order valence-corrected chi connectivity index (χ3v) is 18.5. The zero-order chi connectivity index (χ0) is 29.1. The van der Waals surface area contributed by atoms with Gasteiger partial charge < -0.3 is 0 Å². The standard InChI is InChI=1S/C33H37N4O2.ClH.In/c1-8-10-21-16(4)24-12-25-17(5)30(19(7)38)28(35-25)14-23-15(3)20(9-2)27(34-23)13-26-18(6)31-29(39)11-22(32(21)36-24)33(31)37-26;;/h12-16,20-21H,8-11H2,1-7H3,(H-,34,35,36,37,38,39);1H;/q-1;;+3/p-2/t15-,16+,20-,21+;;/m1../s1. The fraction of sp³-hybridized carbons (Fsp3) is 0.455. The molecule has 6 bridgehead atoms. The van der Waals surface area contributed by atoms with Crippen LogP contribution in [0.2, 0.25) is 0 Å². The molecule has 210 valence electrons. The first kappa shape index (κ1) is 27.5. The van der Waals surface area contributed by atoms with Crippen molar-refractivity contribution in [2.75, 3.05) is 0 Å². The molecule has 0 amide bonds. The van der Waals surface area contributed by atoms with E-state index in [2.05, 4.69) is 64.9 Å². The van der Waals surface area contributed by atoms with Gasteiger partial charge in [0.1, 0.15) is 0 Å². The maximum atomic E-state index is 13.8. The molecule has 0 spiro atoms. The second-order valence-electron chi connectivity index (χ2n) is 12.5. The number of hydrogen-bond acceptors (Lipinski definition) is 4. The number of hydrogen-bond donors (Lipinski definition) is 0. The molecule has 0 radical (unpaired) electrons. The third kappa shape index (κ3) is 3.63. The van der Waals surface area contributed by atoms with E-state index in [0.717, 1.165) is 92.0 Å². The Bertz CT molecular complexity index is 1850. The molecule has 0 fully saturated rings. The number of rotatable bonds is 4. The molecule has 4 aliphatic heterocycles. The Hall–Kier alpha value is -2.38. The summed E-state index contributed by atoms with van der Waals surface area (Å²) in [5.41, 5.74) is 10.5. The maximum absolute atomic E-state index is 13.8. The average molecular weight is 671 g/mol. The van der Waals surface area contributed by atoms with Crippen LogP contribution in [0.25, 0.3) is 23.8 Å². The van der Waals surface area contributed by atoms with Crippen LogP contribution < -0.4 is 10.7 Å². The summed E-state index contributed by atoms with van der Waals surface area (Å²) in [6.07, 6.45) is 9.96. The molecule has 0 aromatic carbocycles. The summed E-state index contributed by atoms with van der Waals surface area (Å²) in [5, 5.41) is 2.00. The van der Waals surface area contributed by atoms with Gasteiger partial charge in [-0.3, -0.25) is 0 Å². The summed E-state index contributed by atoms with van der Waals surface area (Å²) < 4.78 is 4.66. The van der Waals surface area contributed by atoms with Gasteiger partial charge in [-0.15, -0.1) is 0 Å². The van der Waals surface area contributed by atoms with Crippen molar-refractivity contribution in [2.24, 2.45) is 33.7 Å². The van der Waals surface area contributed by atoms with Crippen molar-refractivity contribution in [3.63, 3.8) is 0 Å². The van der Waals surface area contributed by atoms with Crippen LogP contribution in [-0.2, 0) is 0 Å². The molecular formula is C33H36ClInN4O2. The molecule has 2 aromatic rings. The molecular weight excluding hydrogens is 635 g/mol. The van der Waals surface area contributed by atoms with Crippen LogP contribution >= 0.6 is 8.58 Å². The quantitative estimate of drug-likeness (QED) is 0.399. The number of allylic oxidation sites excluding steroid dienone is 2. The SMILES string of the molecule is CCC[C@@H]1C2=NC(=Cc3c(C)c(C(C)=O)c4[n]3[In]([Cl])[n]3c(c(C)c5c3=C2CC5=O)=CC2=NC(=C4)[C@H](C)[C@H]2CC)[C@H]1C. The van der Waals surface area contributed by atoms with Crippen LogP contribution in [-0.4, -0.2) is 48.9 Å². The summed E-state index contributed by atoms with van der Waals surface area (Å²) in [6, 6.07) is 0. The number of carbonyl (C=O) groups excluding carboxylic acids is 2. The molecule has 0 saturated heterocycles. The predicted octanol–water partition coefficient (Wildman–Crippen LogP) is 5.58. The van der Waals surface area contributed by atoms with Crippen molar-refractivity contribution in [3.8, 4) is 0 Å². The molecule has 5 aliphatic rings. The number of carbonyl (C=O) groups is 2. The number of Topliss-reactive ketones (excluding diaryl/α,β-unsaturated/α-hetero) is 2. The number of aliphatic imine (C=N–C) groups is 2. The normalized spacial score (nSPS) is 25.6. The molecule has 0 saturated carbocycles. The zero-order valence-corrected chi connectivity index (χ0v) is 29.0. The molecule has 6 nitrogen and oxygen atoms in total. The number of aromatic nitrogens is 2. The van der Waals surface area contributed by atoms with E-state index in [1.54, 1.807) is 6.92 Å². The van der Waals surface area contributed by atoms with E-state index in [1.165, 1.54) is 0 Å². The van der Waals surface area contributed by atoms with Crippen LogP contribution in [0, 0.1) is 37.5 Å². The van der Waals surface area contributed by atoms with Crippen LogP contribution in [0.4, 0.5) is 0 Å². The van der Waals surface area contributed by atoms with Crippen LogP contribution in [0.3, 0.4) is 0 Å². The van der Waals surface area contributed by atoms with E-state index in [-0.39, 0.29) is 35.2 Å². The first-order valence-corrected chi connectivity index (χ1v) is 22.2. The molecule has 0 N–H and O–H groups in total. The van der Waals surface area contributed by atoms with E-state index in [0.29, 0.717) is 6.42 Å². The van der Waals surface area contributed by atoms with Crippen molar-refractivity contribution < 1.29 is 9.59 Å². The Kier molecular flexibility index (Phi) is 6.41. The van der Waals surface area contributed by atoms with Crippen molar-refractivity contribution in [1.29, 1.82) is 0 Å². The topological polar surface area (TPSA) is 68.7 Å². The third-order valence-electron chi connectivity index (χ3n) is 10.3. The number of fused-ring (bicyclic) bond motifs is 3. The van der Waals surface area contributed by atoms with Gasteiger partial charge in [-0.05, 0) is 0 Å². The van der Waals surface area contributed by atoms with Crippen molar-refractivity contribution in [2.45, 2.75) is 74.1 Å². The fourth-order valence-electron chi connectivity index (χ4n) is 8.17. The first-order valence-electron chi connectivity index (χ1n) is 15.1. The number of ketones is 2. The number of halogens is 1. The molecule has 8 heteroatoms. The molecule has 41 heavy (non-hydrogen) atoms. The summed E-state index contributed by atoms with van der Waals surface area (Å²) in [4.78, 5) is 37.7. The van der Waals surface area contributed by atoms with Crippen LogP contribution in [0.5, 0.6) is 0 Å². The van der Waals surface area contributed by atoms with E-state index >= 15 is 0 Å². The summed E-state index contributed by atoms with van der Waals surface area (Å²) in [6.45, 7) is 14.7. The minimum atomic E-state index is -3.57. The second-order valence-corrected chi connectivity index (χ2v) is 19.8. The van der Waals surface area contributed by atoms with Gasteiger partial charge in [-0.1, -0.05) is 0 Å². The van der Waals surface area contributed by atoms with E-state index in [1.807, 2.05) is 0 Å². The average Bonchev–Trinajstić information content (AvgIpc) is 3.65. The van der Waals surface area contributed by atoms with Crippen LogP contribution in [0.15, 0.2) is 21.4 Å². The molecule has 0 unspecified atom stereocenters. The van der Waals surface area contributed by atoms with Gasteiger partial charge in [-0.25, -0.2) is 0 Å². The van der Waals surface area contributed by atoms with E-state index in [9.17, 15) is 9.59 Å². The Morgan fingerprint density at radius 2 is 1.68 bits per heavy atom. The molecule has 6 heterocycles. The first-order chi connectivity index (χ1) is 19.6. The van der Waals surface area contributed by atoms with Gasteiger partial charge in [0.05, 0.1) is 0 Å². The van der Waals surface area contributed by atoms with Gasteiger partial charge in [0.15, 0.2) is 0 Å². The van der Waals surface area contributed by atoms with Gasteiger partial charge >= 0.3 is 254 Å². The second kappa shape index (κ2) is 9.57. The minimum absolute atomic E-state index is 0.0346.